The van der Waals surface area contributed by atoms with Crippen LogP contribution in [-0.4, -0.2) is 35.9 Å². The summed E-state index contributed by atoms with van der Waals surface area (Å²) in [7, 11) is 3.28. The second-order valence-electron chi connectivity index (χ2n) is 6.36. The monoisotopic (exact) mass is 367 g/mol. The minimum Gasteiger partial charge on any atom is -0.493 e. The quantitative estimate of drug-likeness (QED) is 0.598. The molecule has 3 aromatic rings. The van der Waals surface area contributed by atoms with Crippen molar-refractivity contribution in [2.45, 2.75) is 26.9 Å². The topological polar surface area (TPSA) is 60.6 Å². The third-order valence-corrected chi connectivity index (χ3v) is 4.39. The molecule has 0 aliphatic rings. The average Bonchev–Trinajstić information content (AvgIpc) is 3.16. The molecule has 0 radical (unpaired) electrons. The van der Waals surface area contributed by atoms with E-state index < -0.39 is 0 Å². The van der Waals surface area contributed by atoms with Crippen LogP contribution < -0.4 is 9.47 Å². The van der Waals surface area contributed by atoms with E-state index in [1.165, 1.54) is 0 Å². The Bertz CT molecular complexity index is 892. The first-order valence-corrected chi connectivity index (χ1v) is 8.95. The molecule has 0 saturated heterocycles. The molecule has 0 aliphatic carbocycles. The number of aromatic nitrogens is 2. The van der Waals surface area contributed by atoms with E-state index in [1.807, 2.05) is 49.4 Å². The van der Waals surface area contributed by atoms with Crippen LogP contribution in [0.4, 0.5) is 0 Å². The zero-order valence-corrected chi connectivity index (χ0v) is 16.2. The molecule has 3 rings (SSSR count). The Labute approximate surface area is 159 Å². The molecule has 142 valence electrons. The van der Waals surface area contributed by atoms with Crippen LogP contribution in [0.25, 0.3) is 11.5 Å². The highest BCUT2D eigenvalue weighted by atomic mass is 16.5. The molecule has 27 heavy (non-hydrogen) atoms. The first-order valence-electron chi connectivity index (χ1n) is 8.95. The van der Waals surface area contributed by atoms with Crippen LogP contribution in [0.3, 0.4) is 0 Å². The van der Waals surface area contributed by atoms with Crippen molar-refractivity contribution in [3.8, 4) is 23.0 Å². The van der Waals surface area contributed by atoms with E-state index in [9.17, 15) is 0 Å². The maximum Gasteiger partial charge on any atom is 0.247 e. The highest BCUT2D eigenvalue weighted by Gasteiger charge is 2.14. The van der Waals surface area contributed by atoms with Crippen LogP contribution in [-0.2, 0) is 13.1 Å². The summed E-state index contributed by atoms with van der Waals surface area (Å²) in [4.78, 5) is 2.23. The van der Waals surface area contributed by atoms with Gasteiger partial charge in [-0.05, 0) is 43.3 Å². The largest absolute Gasteiger partial charge is 0.493 e. The zero-order valence-electron chi connectivity index (χ0n) is 16.2. The molecular formula is C21H25N3O3. The lowest BCUT2D eigenvalue weighted by Crippen LogP contribution is -2.22. The molecular weight excluding hydrogens is 342 g/mol. The van der Waals surface area contributed by atoms with E-state index >= 15 is 0 Å². The van der Waals surface area contributed by atoms with Crippen LogP contribution in [0.5, 0.6) is 11.5 Å². The fourth-order valence-electron chi connectivity index (χ4n) is 2.92. The number of methoxy groups -OCH3 is 2. The summed E-state index contributed by atoms with van der Waals surface area (Å²) in [6.45, 7) is 6.35. The summed E-state index contributed by atoms with van der Waals surface area (Å²) in [5.41, 5.74) is 3.24. The third kappa shape index (κ3) is 4.65. The molecule has 0 atom stereocenters. The number of nitrogens with zero attached hydrogens (tertiary/aromatic N) is 3. The molecule has 0 bridgehead atoms. The Balaban J connectivity index is 1.71. The van der Waals surface area contributed by atoms with Crippen molar-refractivity contribution in [2.24, 2.45) is 0 Å². The van der Waals surface area contributed by atoms with Crippen LogP contribution in [0.2, 0.25) is 0 Å². The summed E-state index contributed by atoms with van der Waals surface area (Å²) in [5.74, 6) is 2.61. The molecule has 0 unspecified atom stereocenters. The van der Waals surface area contributed by atoms with E-state index in [4.69, 9.17) is 13.9 Å². The SMILES string of the molecule is CCN(Cc1ccc(OC)c(OC)c1)Cc1nnc(-c2cccc(C)c2)o1. The molecule has 6 nitrogen and oxygen atoms in total. The van der Waals surface area contributed by atoms with Gasteiger partial charge in [0, 0.05) is 12.1 Å². The highest BCUT2D eigenvalue weighted by molar-refractivity contribution is 5.53. The van der Waals surface area contributed by atoms with Gasteiger partial charge in [0.05, 0.1) is 20.8 Å². The number of rotatable bonds is 8. The lowest BCUT2D eigenvalue weighted by Gasteiger charge is -2.19. The summed E-state index contributed by atoms with van der Waals surface area (Å²) >= 11 is 0. The van der Waals surface area contributed by atoms with Gasteiger partial charge in [-0.15, -0.1) is 10.2 Å². The van der Waals surface area contributed by atoms with E-state index in [2.05, 4.69) is 22.0 Å². The number of hydrogen-bond donors (Lipinski definition) is 0. The average molecular weight is 367 g/mol. The van der Waals surface area contributed by atoms with E-state index in [1.54, 1.807) is 14.2 Å². The second kappa shape index (κ2) is 8.68. The molecule has 0 amide bonds. The molecule has 0 fully saturated rings. The maximum absolute atomic E-state index is 5.87. The van der Waals surface area contributed by atoms with Crippen molar-refractivity contribution >= 4 is 0 Å². The normalized spacial score (nSPS) is 11.0. The predicted octanol–water partition coefficient (Wildman–Crippen LogP) is 4.08. The van der Waals surface area contributed by atoms with Gasteiger partial charge in [0.15, 0.2) is 11.5 Å². The smallest absolute Gasteiger partial charge is 0.247 e. The van der Waals surface area contributed by atoms with Crippen LogP contribution in [0.1, 0.15) is 23.9 Å². The Morgan fingerprint density at radius 1 is 0.963 bits per heavy atom. The molecule has 0 N–H and O–H groups in total. The van der Waals surface area contributed by atoms with Gasteiger partial charge in [0.25, 0.3) is 0 Å². The van der Waals surface area contributed by atoms with Gasteiger partial charge in [-0.2, -0.15) is 0 Å². The van der Waals surface area contributed by atoms with Crippen molar-refractivity contribution in [1.29, 1.82) is 0 Å². The molecule has 1 aromatic heterocycles. The van der Waals surface area contributed by atoms with Gasteiger partial charge in [0.1, 0.15) is 0 Å². The van der Waals surface area contributed by atoms with Crippen molar-refractivity contribution in [3.63, 3.8) is 0 Å². The summed E-state index contributed by atoms with van der Waals surface area (Å²) in [6.07, 6.45) is 0. The van der Waals surface area contributed by atoms with Crippen molar-refractivity contribution < 1.29 is 13.9 Å². The zero-order chi connectivity index (χ0) is 19.2. The lowest BCUT2D eigenvalue weighted by atomic mass is 10.1. The van der Waals surface area contributed by atoms with Gasteiger partial charge >= 0.3 is 0 Å². The van der Waals surface area contributed by atoms with Gasteiger partial charge in [-0.3, -0.25) is 4.90 Å². The Kier molecular flexibility index (Phi) is 6.08. The van der Waals surface area contributed by atoms with E-state index in [-0.39, 0.29) is 0 Å². The Morgan fingerprint density at radius 3 is 2.48 bits per heavy atom. The summed E-state index contributed by atoms with van der Waals surface area (Å²) < 4.78 is 16.6. The first-order chi connectivity index (χ1) is 13.1. The summed E-state index contributed by atoms with van der Waals surface area (Å²) in [6, 6.07) is 14.0. The Morgan fingerprint density at radius 2 is 1.78 bits per heavy atom. The number of benzene rings is 2. The Hall–Kier alpha value is -2.86. The highest BCUT2D eigenvalue weighted by Crippen LogP contribution is 2.28. The van der Waals surface area contributed by atoms with Crippen LogP contribution >= 0.6 is 0 Å². The lowest BCUT2D eigenvalue weighted by molar-refractivity contribution is 0.243. The van der Waals surface area contributed by atoms with Crippen molar-refractivity contribution in [3.05, 3.63) is 59.5 Å². The fourth-order valence-corrected chi connectivity index (χ4v) is 2.92. The number of ether oxygens (including phenoxy) is 2. The fraction of sp³-hybridized carbons (Fsp3) is 0.333. The van der Waals surface area contributed by atoms with Crippen molar-refractivity contribution in [1.82, 2.24) is 15.1 Å². The maximum atomic E-state index is 5.87. The first kappa shape index (κ1) is 18.9. The summed E-state index contributed by atoms with van der Waals surface area (Å²) in [5, 5.41) is 8.40. The van der Waals surface area contributed by atoms with Gasteiger partial charge in [-0.25, -0.2) is 0 Å². The molecule has 1 heterocycles. The van der Waals surface area contributed by atoms with Crippen LogP contribution in [0.15, 0.2) is 46.9 Å². The minimum atomic E-state index is 0.552. The molecule has 0 saturated carbocycles. The standard InChI is InChI=1S/C21H25N3O3/c1-5-24(13-16-9-10-18(25-3)19(12-16)26-4)14-20-22-23-21(27-20)17-8-6-7-15(2)11-17/h6-12H,5,13-14H2,1-4H3. The van der Waals surface area contributed by atoms with E-state index in [0.717, 1.165) is 41.3 Å². The van der Waals surface area contributed by atoms with Crippen LogP contribution in [0, 0.1) is 6.92 Å². The molecule has 0 spiro atoms. The van der Waals surface area contributed by atoms with E-state index in [0.29, 0.717) is 18.3 Å². The second-order valence-corrected chi connectivity index (χ2v) is 6.36. The van der Waals surface area contributed by atoms with Crippen molar-refractivity contribution in [2.75, 3.05) is 20.8 Å². The number of hydrogen-bond acceptors (Lipinski definition) is 6. The molecule has 0 aliphatic heterocycles. The molecule has 6 heteroatoms. The minimum absolute atomic E-state index is 0.552. The van der Waals surface area contributed by atoms with Gasteiger partial charge in [-0.1, -0.05) is 30.7 Å². The number of aryl methyl sites for hydroxylation is 1. The van der Waals surface area contributed by atoms with Gasteiger partial charge < -0.3 is 13.9 Å². The third-order valence-electron chi connectivity index (χ3n) is 4.39. The van der Waals surface area contributed by atoms with Gasteiger partial charge in [0.2, 0.25) is 11.8 Å². The molecule has 2 aromatic carbocycles. The predicted molar refractivity (Wildman–Crippen MR) is 104 cm³/mol.